The van der Waals surface area contributed by atoms with Gasteiger partial charge < -0.3 is 0 Å². The molecule has 0 radical (unpaired) electrons. The number of hydrogen-bond acceptors (Lipinski definition) is 0. The van der Waals surface area contributed by atoms with Gasteiger partial charge in [-0.2, -0.15) is 114 Å². The number of halogens is 4. The van der Waals surface area contributed by atoms with Gasteiger partial charge in [-0.3, -0.25) is 6.08 Å². The van der Waals surface area contributed by atoms with Gasteiger partial charge in [0, 0.05) is 0 Å². The number of allylic oxidation sites excluding steroid dienone is 4. The van der Waals surface area contributed by atoms with Gasteiger partial charge in [-0.05, 0) is 12.0 Å². The molecule has 0 atom stereocenters. The van der Waals surface area contributed by atoms with E-state index in [0.29, 0.717) is 0 Å². The Morgan fingerprint density at radius 2 is 1.38 bits per heavy atom. The second-order valence-corrected chi connectivity index (χ2v) is 8.65. The Hall–Kier alpha value is -2.25. The molecule has 0 nitrogen and oxygen atoms in total. The maximum absolute atomic E-state index is 5.51. The van der Waals surface area contributed by atoms with E-state index in [-0.39, 0.29) is 24.8 Å². The van der Waals surface area contributed by atoms with Crippen LogP contribution in [0.2, 0.25) is 10.0 Å². The van der Waals surface area contributed by atoms with Gasteiger partial charge in [0.1, 0.15) is 0 Å². The van der Waals surface area contributed by atoms with Crippen molar-refractivity contribution >= 4 is 64.4 Å². The van der Waals surface area contributed by atoms with E-state index in [2.05, 4.69) is 72.0 Å². The molecule has 2 aliphatic rings. The molecule has 0 aromatic heterocycles. The first-order valence-corrected chi connectivity index (χ1v) is 14.3. The maximum atomic E-state index is 5.51. The molecule has 4 aromatic rings. The predicted molar refractivity (Wildman–Crippen MR) is 177 cm³/mol. The molecule has 4 aromatic carbocycles. The third kappa shape index (κ3) is 13.4. The van der Waals surface area contributed by atoms with Crippen LogP contribution >= 0.6 is 48.0 Å². The zero-order valence-corrected chi connectivity index (χ0v) is 27.6. The van der Waals surface area contributed by atoms with Gasteiger partial charge in [0.2, 0.25) is 0 Å². The van der Waals surface area contributed by atoms with Crippen LogP contribution in [0.5, 0.6) is 0 Å². The zero-order valence-electron chi connectivity index (χ0n) is 22.0. The molecule has 0 N–H and O–H groups in total. The van der Waals surface area contributed by atoms with Crippen molar-refractivity contribution in [3.8, 4) is 11.1 Å². The van der Waals surface area contributed by atoms with Crippen LogP contribution in [0, 0.1) is 24.3 Å². The summed E-state index contributed by atoms with van der Waals surface area (Å²) in [5, 5.41) is 1.48. The fraction of sp³-hybridized carbons (Fsp3) is 0.0571. The van der Waals surface area contributed by atoms with Crippen molar-refractivity contribution in [2.24, 2.45) is 0 Å². The Morgan fingerprint density at radius 3 is 1.77 bits per heavy atom. The van der Waals surface area contributed by atoms with Crippen LogP contribution in [0.25, 0.3) is 23.3 Å². The molecule has 2 aliphatic carbocycles. The first-order chi connectivity index (χ1) is 18.6. The normalized spacial score (nSPS) is 10.3. The van der Waals surface area contributed by atoms with E-state index in [1.54, 1.807) is 12.1 Å². The van der Waals surface area contributed by atoms with Gasteiger partial charge in [-0.25, -0.2) is 12.2 Å². The molecule has 6 rings (SSSR count). The van der Waals surface area contributed by atoms with Crippen molar-refractivity contribution < 1.29 is 24.2 Å². The van der Waals surface area contributed by atoms with Crippen LogP contribution < -0.4 is 0 Å². The quantitative estimate of drug-likeness (QED) is 0.163. The molecule has 0 amide bonds. The average molecular weight is 684 g/mol. The molecule has 0 unspecified atom stereocenters. The first-order valence-electron chi connectivity index (χ1n) is 11.8. The molecule has 0 saturated carbocycles. The summed E-state index contributed by atoms with van der Waals surface area (Å²) in [5.74, 6) is 0. The summed E-state index contributed by atoms with van der Waals surface area (Å²) in [6.45, 7) is 7.63. The molecular weight excluding hydrogens is 653 g/mol. The van der Waals surface area contributed by atoms with Crippen molar-refractivity contribution in [3.05, 3.63) is 167 Å². The summed E-state index contributed by atoms with van der Waals surface area (Å²) in [6, 6.07) is 34.1. The van der Waals surface area contributed by atoms with Crippen LogP contribution in [0.15, 0.2) is 110 Å². The van der Waals surface area contributed by atoms with Crippen molar-refractivity contribution in [2.75, 3.05) is 0 Å². The van der Waals surface area contributed by atoms with Gasteiger partial charge in [0.25, 0.3) is 0 Å². The molecule has 0 aliphatic heterocycles. The fourth-order valence-electron chi connectivity index (χ4n) is 3.45. The van der Waals surface area contributed by atoms with Crippen molar-refractivity contribution in [1.82, 2.24) is 0 Å². The number of rotatable bonds is 2. The predicted octanol–water partition coefficient (Wildman–Crippen LogP) is 10.7. The van der Waals surface area contributed by atoms with E-state index in [1.165, 1.54) is 52.1 Å². The molecule has 0 saturated heterocycles. The number of hydrogen-bond donors (Lipinski definition) is 0. The van der Waals surface area contributed by atoms with E-state index < -0.39 is 0 Å². The van der Waals surface area contributed by atoms with Crippen LogP contribution in [0.3, 0.4) is 0 Å². The van der Waals surface area contributed by atoms with Crippen LogP contribution in [0.4, 0.5) is 0 Å². The molecule has 0 bridgehead atoms. The van der Waals surface area contributed by atoms with E-state index in [9.17, 15) is 0 Å². The SMILES string of the molecule is C=Cc1c[c-]c2c(c1)-c1cc(C=C)ccc1C2.Cl.Cl.Clc1c[c-]ccc1.Clc1c[c-]ccc1.[C-]1=CC=CC1.[CH2]=[Zr]. The Labute approximate surface area is 277 Å². The first kappa shape index (κ1) is 37.8. The third-order valence-electron chi connectivity index (χ3n) is 5.24. The Bertz CT molecular complexity index is 1240. The van der Waals surface area contributed by atoms with Gasteiger partial charge in [-0.1, -0.05) is 52.0 Å². The van der Waals surface area contributed by atoms with E-state index in [4.69, 9.17) is 23.2 Å². The Morgan fingerprint density at radius 1 is 0.775 bits per heavy atom. The monoisotopic (exact) mass is 680 g/mol. The second-order valence-electron chi connectivity index (χ2n) is 7.77. The van der Waals surface area contributed by atoms with Crippen LogP contribution in [0.1, 0.15) is 28.7 Å². The van der Waals surface area contributed by atoms with Crippen LogP contribution in [-0.4, -0.2) is 4.21 Å². The summed E-state index contributed by atoms with van der Waals surface area (Å²) in [7, 11) is 0. The standard InChI is InChI=1S/C17H13.2C6H4Cl.C5H5.CH2.2ClH.Zr/c1-3-12-5-7-14-11-15-8-6-13(4-2)10-17(15)16(14)9-12;2*7-6-4-2-1-3-5-6;1-2-4-5-3-1;;;;/h3-7,9-10H,1-2,11H2;2*1-2,4-5H;1-3H,4H2;1H2;2*1H;/q4*-1;;;;. The minimum absolute atomic E-state index is 0. The van der Waals surface area contributed by atoms with E-state index in [0.717, 1.165) is 28.5 Å². The topological polar surface area (TPSA) is 0 Å². The van der Waals surface area contributed by atoms with Crippen molar-refractivity contribution in [3.63, 3.8) is 0 Å². The van der Waals surface area contributed by atoms with E-state index in [1.807, 2.05) is 66.8 Å². The molecule has 0 spiro atoms. The Balaban J connectivity index is 0.000000554. The van der Waals surface area contributed by atoms with Crippen LogP contribution in [-0.2, 0) is 30.7 Å². The summed E-state index contributed by atoms with van der Waals surface area (Å²) >= 11 is 12.3. The van der Waals surface area contributed by atoms with Crippen molar-refractivity contribution in [1.29, 1.82) is 0 Å². The zero-order chi connectivity index (χ0) is 27.6. The average Bonchev–Trinajstić information content (AvgIpc) is 3.67. The molecular formula is C35H30Cl4Zr-4. The molecule has 5 heteroatoms. The molecule has 0 heterocycles. The molecule has 206 valence electrons. The minimum atomic E-state index is 0. The number of benzene rings is 4. The summed E-state index contributed by atoms with van der Waals surface area (Å²) < 4.78 is 3.34. The molecule has 0 fully saturated rings. The van der Waals surface area contributed by atoms with Gasteiger partial charge in [0.15, 0.2) is 0 Å². The van der Waals surface area contributed by atoms with Gasteiger partial charge >= 0.3 is 28.4 Å². The second kappa shape index (κ2) is 22.4. The third-order valence-corrected chi connectivity index (χ3v) is 5.71. The molecule has 40 heavy (non-hydrogen) atoms. The van der Waals surface area contributed by atoms with Crippen molar-refractivity contribution in [2.45, 2.75) is 12.8 Å². The van der Waals surface area contributed by atoms with Gasteiger partial charge in [-0.15, -0.1) is 55.0 Å². The fourth-order valence-corrected chi connectivity index (χ4v) is 3.72. The van der Waals surface area contributed by atoms with E-state index >= 15 is 0 Å². The number of fused-ring (bicyclic) bond motifs is 3. The summed E-state index contributed by atoms with van der Waals surface area (Å²) in [5.41, 5.74) is 7.56. The summed E-state index contributed by atoms with van der Waals surface area (Å²) in [6.07, 6.45) is 14.7. The summed E-state index contributed by atoms with van der Waals surface area (Å²) in [4.78, 5) is 0. The van der Waals surface area contributed by atoms with Gasteiger partial charge in [0.05, 0.1) is 0 Å². The Kier molecular flexibility index (Phi) is 21.2.